The first-order valence-corrected chi connectivity index (χ1v) is 10.4. The summed E-state index contributed by atoms with van der Waals surface area (Å²) in [7, 11) is 0. The van der Waals surface area contributed by atoms with Crippen LogP contribution in [0.4, 0.5) is 11.4 Å². The summed E-state index contributed by atoms with van der Waals surface area (Å²) in [5, 5.41) is 10.9. The summed E-state index contributed by atoms with van der Waals surface area (Å²) in [6, 6.07) is 12.0. The second kappa shape index (κ2) is 8.59. The first kappa shape index (κ1) is 20.6. The summed E-state index contributed by atoms with van der Waals surface area (Å²) in [6.45, 7) is 4.21. The number of rotatable bonds is 6. The molecule has 1 aromatic heterocycles. The summed E-state index contributed by atoms with van der Waals surface area (Å²) < 4.78 is 6.92. The van der Waals surface area contributed by atoms with E-state index in [1.165, 1.54) is 4.68 Å². The molecule has 0 bridgehead atoms. The van der Waals surface area contributed by atoms with E-state index < -0.39 is 12.0 Å². The van der Waals surface area contributed by atoms with Gasteiger partial charge in [-0.3, -0.25) is 14.4 Å². The zero-order valence-electron chi connectivity index (χ0n) is 17.5. The van der Waals surface area contributed by atoms with E-state index in [0.717, 1.165) is 19.3 Å². The number of anilines is 2. The molecule has 8 heteroatoms. The third-order valence-corrected chi connectivity index (χ3v) is 5.22. The molecule has 0 aliphatic carbocycles. The quantitative estimate of drug-likeness (QED) is 0.594. The molecular formula is C23H24N4O4. The van der Waals surface area contributed by atoms with Gasteiger partial charge in [-0.05, 0) is 37.6 Å². The van der Waals surface area contributed by atoms with Crippen LogP contribution in [-0.4, -0.2) is 27.7 Å². The number of carbonyl (C=O) groups excluding carboxylic acids is 2. The maximum atomic E-state index is 13.1. The second-order valence-corrected chi connectivity index (χ2v) is 7.54. The van der Waals surface area contributed by atoms with E-state index in [1.54, 1.807) is 49.4 Å². The number of benzene rings is 2. The van der Waals surface area contributed by atoms with Crippen molar-refractivity contribution in [2.24, 2.45) is 0 Å². The Balaban J connectivity index is 1.66. The highest BCUT2D eigenvalue weighted by Crippen LogP contribution is 2.32. The number of unbranched alkanes of at least 4 members (excludes halogenated alkanes) is 2. The highest BCUT2D eigenvalue weighted by atomic mass is 16.5. The Morgan fingerprint density at radius 1 is 1.16 bits per heavy atom. The van der Waals surface area contributed by atoms with Gasteiger partial charge in [0.2, 0.25) is 0 Å². The summed E-state index contributed by atoms with van der Waals surface area (Å²) in [5.74, 6) is -0.141. The number of carbonyl (C=O) groups is 2. The van der Waals surface area contributed by atoms with E-state index in [1.807, 2.05) is 0 Å². The molecular weight excluding hydrogens is 396 g/mol. The molecule has 3 aromatic rings. The van der Waals surface area contributed by atoms with E-state index in [2.05, 4.69) is 22.7 Å². The number of aryl methyl sites for hydroxylation is 1. The van der Waals surface area contributed by atoms with Crippen molar-refractivity contribution in [3.05, 3.63) is 58.5 Å². The number of ether oxygens (including phenoxy) is 1. The smallest absolute Gasteiger partial charge is 0.276 e. The number of nitrogens with zero attached hydrogens (tertiary/aromatic N) is 2. The zero-order chi connectivity index (χ0) is 22.0. The van der Waals surface area contributed by atoms with Crippen LogP contribution in [0.25, 0.3) is 10.8 Å². The average molecular weight is 420 g/mol. The largest absolute Gasteiger partial charge is 0.479 e. The fourth-order valence-electron chi connectivity index (χ4n) is 3.54. The topological polar surface area (TPSA) is 102 Å². The van der Waals surface area contributed by atoms with Crippen molar-refractivity contribution >= 4 is 34.0 Å². The first-order valence-electron chi connectivity index (χ1n) is 10.4. The maximum absolute atomic E-state index is 13.1. The Hall–Kier alpha value is -3.68. The zero-order valence-corrected chi connectivity index (χ0v) is 17.5. The lowest BCUT2D eigenvalue weighted by Gasteiger charge is -2.23. The van der Waals surface area contributed by atoms with Gasteiger partial charge in [0, 0.05) is 17.6 Å². The standard InChI is InChI=1S/C23H24N4O4/c1-3-4-7-12-27-23(30)17-9-6-5-8-16(17)20(26-27)22(29)24-15-10-11-19-18(13-15)25-21(28)14(2)31-19/h5-6,8-11,13-14H,3-4,7,12H2,1-2H3,(H,24,29)(H,25,28). The fraction of sp³-hybridized carbons (Fsp3) is 0.304. The third kappa shape index (κ3) is 4.14. The number of hydrogen-bond donors (Lipinski definition) is 2. The van der Waals surface area contributed by atoms with Gasteiger partial charge in [-0.25, -0.2) is 4.68 Å². The third-order valence-electron chi connectivity index (χ3n) is 5.22. The molecule has 1 aliphatic rings. The summed E-state index contributed by atoms with van der Waals surface area (Å²) in [6.07, 6.45) is 2.24. The van der Waals surface area contributed by atoms with Gasteiger partial charge >= 0.3 is 0 Å². The first-order chi connectivity index (χ1) is 15.0. The van der Waals surface area contributed by atoms with Gasteiger partial charge in [-0.2, -0.15) is 5.10 Å². The molecule has 0 fully saturated rings. The number of amides is 2. The normalized spacial score (nSPS) is 15.2. The van der Waals surface area contributed by atoms with Crippen molar-refractivity contribution < 1.29 is 14.3 Å². The Kier molecular flexibility index (Phi) is 5.70. The van der Waals surface area contributed by atoms with Crippen LogP contribution in [0, 0.1) is 0 Å². The predicted molar refractivity (Wildman–Crippen MR) is 119 cm³/mol. The number of aromatic nitrogens is 2. The van der Waals surface area contributed by atoms with Crippen LogP contribution < -0.4 is 20.9 Å². The van der Waals surface area contributed by atoms with Gasteiger partial charge in [0.1, 0.15) is 5.75 Å². The van der Waals surface area contributed by atoms with Gasteiger partial charge < -0.3 is 15.4 Å². The molecule has 2 heterocycles. The highest BCUT2D eigenvalue weighted by Gasteiger charge is 2.24. The molecule has 2 N–H and O–H groups in total. The minimum absolute atomic E-state index is 0.179. The summed E-state index contributed by atoms with van der Waals surface area (Å²) >= 11 is 0. The lowest BCUT2D eigenvalue weighted by atomic mass is 10.1. The molecule has 2 aromatic carbocycles. The Labute approximate surface area is 179 Å². The molecule has 4 rings (SSSR count). The van der Waals surface area contributed by atoms with Gasteiger partial charge in [0.15, 0.2) is 11.8 Å². The molecule has 160 valence electrons. The summed E-state index contributed by atoms with van der Waals surface area (Å²) in [5.41, 5.74) is 0.949. The van der Waals surface area contributed by atoms with E-state index in [4.69, 9.17) is 4.74 Å². The predicted octanol–water partition coefficient (Wildman–Crippen LogP) is 3.56. The molecule has 1 atom stereocenters. The lowest BCUT2D eigenvalue weighted by molar-refractivity contribution is -0.122. The van der Waals surface area contributed by atoms with Crippen LogP contribution in [0.5, 0.6) is 5.75 Å². The van der Waals surface area contributed by atoms with Crippen molar-refractivity contribution in [2.45, 2.75) is 45.8 Å². The fourth-order valence-corrected chi connectivity index (χ4v) is 3.54. The lowest BCUT2D eigenvalue weighted by Crippen LogP contribution is -2.34. The minimum Gasteiger partial charge on any atom is -0.479 e. The molecule has 31 heavy (non-hydrogen) atoms. The van der Waals surface area contributed by atoms with Crippen LogP contribution in [-0.2, 0) is 11.3 Å². The van der Waals surface area contributed by atoms with E-state index in [9.17, 15) is 14.4 Å². The highest BCUT2D eigenvalue weighted by molar-refractivity contribution is 6.11. The maximum Gasteiger partial charge on any atom is 0.276 e. The molecule has 0 radical (unpaired) electrons. The van der Waals surface area contributed by atoms with Crippen molar-refractivity contribution in [1.82, 2.24) is 9.78 Å². The number of hydrogen-bond acceptors (Lipinski definition) is 5. The van der Waals surface area contributed by atoms with Gasteiger partial charge in [0.25, 0.3) is 17.4 Å². The van der Waals surface area contributed by atoms with Crippen LogP contribution in [0.1, 0.15) is 43.6 Å². The average Bonchev–Trinajstić information content (AvgIpc) is 2.76. The molecule has 0 spiro atoms. The minimum atomic E-state index is -0.572. The summed E-state index contributed by atoms with van der Waals surface area (Å²) in [4.78, 5) is 37.8. The SMILES string of the molecule is CCCCCn1nc(C(=O)Nc2ccc3c(c2)NC(=O)C(C)O3)c2ccccc2c1=O. The van der Waals surface area contributed by atoms with Crippen LogP contribution >= 0.6 is 0 Å². The van der Waals surface area contributed by atoms with E-state index in [0.29, 0.717) is 34.4 Å². The molecule has 1 aliphatic heterocycles. The monoisotopic (exact) mass is 420 g/mol. The van der Waals surface area contributed by atoms with Crippen molar-refractivity contribution in [2.75, 3.05) is 10.6 Å². The number of nitrogens with one attached hydrogen (secondary N) is 2. The Bertz CT molecular complexity index is 1220. The van der Waals surface area contributed by atoms with Crippen molar-refractivity contribution in [3.8, 4) is 5.75 Å². The van der Waals surface area contributed by atoms with Crippen molar-refractivity contribution in [3.63, 3.8) is 0 Å². The van der Waals surface area contributed by atoms with Crippen LogP contribution in [0.2, 0.25) is 0 Å². The van der Waals surface area contributed by atoms with Gasteiger partial charge in [0.05, 0.1) is 11.1 Å². The molecule has 0 saturated heterocycles. The van der Waals surface area contributed by atoms with Gasteiger partial charge in [-0.15, -0.1) is 0 Å². The molecule has 0 saturated carbocycles. The number of fused-ring (bicyclic) bond motifs is 2. The molecule has 8 nitrogen and oxygen atoms in total. The Morgan fingerprint density at radius 3 is 2.71 bits per heavy atom. The van der Waals surface area contributed by atoms with Crippen LogP contribution in [0.3, 0.4) is 0 Å². The van der Waals surface area contributed by atoms with Crippen molar-refractivity contribution in [1.29, 1.82) is 0 Å². The van der Waals surface area contributed by atoms with Gasteiger partial charge in [-0.1, -0.05) is 38.0 Å². The Morgan fingerprint density at radius 2 is 1.94 bits per heavy atom. The second-order valence-electron chi connectivity index (χ2n) is 7.54. The van der Waals surface area contributed by atoms with E-state index in [-0.39, 0.29) is 17.2 Å². The van der Waals surface area contributed by atoms with Crippen LogP contribution in [0.15, 0.2) is 47.3 Å². The molecule has 1 unspecified atom stereocenters. The van der Waals surface area contributed by atoms with E-state index >= 15 is 0 Å². The molecule has 2 amide bonds.